The van der Waals surface area contributed by atoms with E-state index >= 15 is 0 Å². The number of halogens is 1. The van der Waals surface area contributed by atoms with Gasteiger partial charge in [-0.15, -0.1) is 0 Å². The summed E-state index contributed by atoms with van der Waals surface area (Å²) >= 11 is 5.89. The normalized spacial score (nSPS) is 10.2. The molecule has 2 aromatic carbocycles. The van der Waals surface area contributed by atoms with E-state index in [1.807, 2.05) is 37.3 Å². The van der Waals surface area contributed by atoms with E-state index in [0.717, 1.165) is 16.8 Å². The molecule has 3 N–H and O–H groups in total. The van der Waals surface area contributed by atoms with Crippen LogP contribution in [-0.2, 0) is 11.2 Å². The van der Waals surface area contributed by atoms with E-state index < -0.39 is 0 Å². The third kappa shape index (κ3) is 3.48. The number of nitrogens with one attached hydrogen (secondary N) is 1. The van der Waals surface area contributed by atoms with Crippen molar-refractivity contribution >= 4 is 28.9 Å². The molecule has 0 aliphatic carbocycles. The van der Waals surface area contributed by atoms with Gasteiger partial charge in [0.05, 0.1) is 6.42 Å². The summed E-state index contributed by atoms with van der Waals surface area (Å²) in [4.78, 5) is 12.0. The van der Waals surface area contributed by atoms with Crippen LogP contribution in [0.1, 0.15) is 11.1 Å². The molecule has 0 radical (unpaired) electrons. The minimum absolute atomic E-state index is 0.0871. The molecular weight excluding hydrogens is 260 g/mol. The summed E-state index contributed by atoms with van der Waals surface area (Å²) in [5, 5.41) is 3.49. The van der Waals surface area contributed by atoms with Crippen molar-refractivity contribution in [2.24, 2.45) is 0 Å². The first-order valence-corrected chi connectivity index (χ1v) is 6.33. The molecule has 0 saturated carbocycles. The number of nitrogens with two attached hydrogens (primary N) is 1. The fourth-order valence-electron chi connectivity index (χ4n) is 1.82. The van der Waals surface area contributed by atoms with Gasteiger partial charge in [0.15, 0.2) is 0 Å². The largest absolute Gasteiger partial charge is 0.398 e. The molecule has 0 heterocycles. The number of rotatable bonds is 3. The zero-order chi connectivity index (χ0) is 13.8. The van der Waals surface area contributed by atoms with Gasteiger partial charge < -0.3 is 11.1 Å². The van der Waals surface area contributed by atoms with Gasteiger partial charge in [-0.3, -0.25) is 4.79 Å². The number of carbonyl (C=O) groups is 1. The Morgan fingerprint density at radius 2 is 2.00 bits per heavy atom. The van der Waals surface area contributed by atoms with Gasteiger partial charge in [0, 0.05) is 16.4 Å². The highest BCUT2D eigenvalue weighted by molar-refractivity contribution is 6.30. The minimum Gasteiger partial charge on any atom is -0.398 e. The Balaban J connectivity index is 2.08. The second kappa shape index (κ2) is 5.76. The van der Waals surface area contributed by atoms with Gasteiger partial charge in [-0.25, -0.2) is 0 Å². The summed E-state index contributed by atoms with van der Waals surface area (Å²) in [6.45, 7) is 1.88. The Hall–Kier alpha value is -2.00. The van der Waals surface area contributed by atoms with Crippen LogP contribution in [0.25, 0.3) is 0 Å². The zero-order valence-corrected chi connectivity index (χ0v) is 11.4. The molecule has 0 aliphatic rings. The lowest BCUT2D eigenvalue weighted by Gasteiger charge is -2.10. The number of nitrogen functional groups attached to an aromatic ring is 1. The second-order valence-electron chi connectivity index (χ2n) is 4.37. The predicted octanol–water partition coefficient (Wildman–Crippen LogP) is 3.41. The van der Waals surface area contributed by atoms with E-state index in [2.05, 4.69) is 5.32 Å². The van der Waals surface area contributed by atoms with E-state index in [0.29, 0.717) is 10.7 Å². The fraction of sp³-hybridized carbons (Fsp3) is 0.133. The molecule has 0 fully saturated rings. The lowest BCUT2D eigenvalue weighted by molar-refractivity contribution is -0.115. The number of carbonyl (C=O) groups excluding carboxylic acids is 1. The Morgan fingerprint density at radius 3 is 2.74 bits per heavy atom. The van der Waals surface area contributed by atoms with Crippen LogP contribution in [0.15, 0.2) is 42.5 Å². The lowest BCUT2D eigenvalue weighted by Crippen LogP contribution is -2.15. The zero-order valence-electron chi connectivity index (χ0n) is 10.6. The number of amides is 1. The third-order valence-electron chi connectivity index (χ3n) is 2.90. The summed E-state index contributed by atoms with van der Waals surface area (Å²) in [5.41, 5.74) is 8.97. The third-order valence-corrected chi connectivity index (χ3v) is 3.14. The maximum absolute atomic E-state index is 12.0. The number of anilines is 2. The summed E-state index contributed by atoms with van der Waals surface area (Å²) in [5.74, 6) is -0.0871. The minimum atomic E-state index is -0.0871. The molecule has 0 unspecified atom stereocenters. The number of hydrogen-bond donors (Lipinski definition) is 2. The van der Waals surface area contributed by atoms with Crippen LogP contribution in [-0.4, -0.2) is 5.91 Å². The number of hydrogen-bond acceptors (Lipinski definition) is 2. The molecule has 19 heavy (non-hydrogen) atoms. The van der Waals surface area contributed by atoms with Crippen LogP contribution in [0.3, 0.4) is 0 Å². The summed E-state index contributed by atoms with van der Waals surface area (Å²) in [6, 6.07) is 12.7. The molecule has 4 heteroatoms. The summed E-state index contributed by atoms with van der Waals surface area (Å²) in [7, 11) is 0. The predicted molar refractivity (Wildman–Crippen MR) is 79.4 cm³/mol. The van der Waals surface area contributed by atoms with Crippen molar-refractivity contribution in [1.82, 2.24) is 0 Å². The fourth-order valence-corrected chi connectivity index (χ4v) is 2.03. The van der Waals surface area contributed by atoms with Gasteiger partial charge in [-0.05, 0) is 42.3 Å². The molecule has 98 valence electrons. The van der Waals surface area contributed by atoms with Crippen molar-refractivity contribution in [2.45, 2.75) is 13.3 Å². The van der Waals surface area contributed by atoms with Crippen molar-refractivity contribution in [3.63, 3.8) is 0 Å². The quantitative estimate of drug-likeness (QED) is 0.843. The van der Waals surface area contributed by atoms with Crippen LogP contribution in [0.4, 0.5) is 11.4 Å². The molecule has 0 atom stereocenters. The molecular formula is C15H15ClN2O. The van der Waals surface area contributed by atoms with Crippen LogP contribution in [0.5, 0.6) is 0 Å². The Bertz CT molecular complexity index is 611. The van der Waals surface area contributed by atoms with Gasteiger partial charge in [0.2, 0.25) is 5.91 Å². The molecule has 3 nitrogen and oxygen atoms in total. The maximum Gasteiger partial charge on any atom is 0.228 e. The Kier molecular flexibility index (Phi) is 4.07. The molecule has 0 aliphatic heterocycles. The topological polar surface area (TPSA) is 55.1 Å². The molecule has 2 rings (SSSR count). The van der Waals surface area contributed by atoms with Crippen molar-refractivity contribution < 1.29 is 4.79 Å². The average molecular weight is 275 g/mol. The summed E-state index contributed by atoms with van der Waals surface area (Å²) in [6.07, 6.45) is 0.287. The first kappa shape index (κ1) is 13.4. The SMILES string of the molecule is Cc1c(N)cccc1NC(=O)Cc1cccc(Cl)c1. The van der Waals surface area contributed by atoms with Crippen LogP contribution >= 0.6 is 11.6 Å². The van der Waals surface area contributed by atoms with Crippen molar-refractivity contribution in [3.05, 3.63) is 58.6 Å². The lowest BCUT2D eigenvalue weighted by atomic mass is 10.1. The van der Waals surface area contributed by atoms with E-state index in [1.165, 1.54) is 0 Å². The van der Waals surface area contributed by atoms with Gasteiger partial charge in [0.25, 0.3) is 0 Å². The molecule has 0 saturated heterocycles. The molecule has 0 aromatic heterocycles. The highest BCUT2D eigenvalue weighted by atomic mass is 35.5. The van der Waals surface area contributed by atoms with E-state index in [4.69, 9.17) is 17.3 Å². The second-order valence-corrected chi connectivity index (χ2v) is 4.81. The van der Waals surface area contributed by atoms with Gasteiger partial charge >= 0.3 is 0 Å². The van der Waals surface area contributed by atoms with Crippen LogP contribution < -0.4 is 11.1 Å². The van der Waals surface area contributed by atoms with Gasteiger partial charge in [0.1, 0.15) is 0 Å². The van der Waals surface area contributed by atoms with Crippen molar-refractivity contribution in [3.8, 4) is 0 Å². The smallest absolute Gasteiger partial charge is 0.228 e. The van der Waals surface area contributed by atoms with Crippen molar-refractivity contribution in [2.75, 3.05) is 11.1 Å². The van der Waals surface area contributed by atoms with Gasteiger partial charge in [-0.2, -0.15) is 0 Å². The van der Waals surface area contributed by atoms with E-state index in [-0.39, 0.29) is 12.3 Å². The first-order chi connectivity index (χ1) is 9.06. The van der Waals surface area contributed by atoms with Gasteiger partial charge in [-0.1, -0.05) is 29.8 Å². The summed E-state index contributed by atoms with van der Waals surface area (Å²) < 4.78 is 0. The monoisotopic (exact) mass is 274 g/mol. The van der Waals surface area contributed by atoms with Crippen LogP contribution in [0.2, 0.25) is 5.02 Å². The highest BCUT2D eigenvalue weighted by Gasteiger charge is 2.07. The molecule has 1 amide bonds. The van der Waals surface area contributed by atoms with Crippen LogP contribution in [0, 0.1) is 6.92 Å². The molecule has 0 spiro atoms. The first-order valence-electron chi connectivity index (χ1n) is 5.95. The molecule has 0 bridgehead atoms. The van der Waals surface area contributed by atoms with Crippen molar-refractivity contribution in [1.29, 1.82) is 0 Å². The molecule has 2 aromatic rings. The Labute approximate surface area is 117 Å². The standard InChI is InChI=1S/C15H15ClN2O/c1-10-13(17)6-3-7-14(10)18-15(19)9-11-4-2-5-12(16)8-11/h2-8H,9,17H2,1H3,(H,18,19). The number of benzene rings is 2. The van der Waals surface area contributed by atoms with E-state index in [9.17, 15) is 4.79 Å². The van der Waals surface area contributed by atoms with E-state index in [1.54, 1.807) is 12.1 Å². The highest BCUT2D eigenvalue weighted by Crippen LogP contribution is 2.20. The maximum atomic E-state index is 12.0. The Morgan fingerprint density at radius 1 is 1.26 bits per heavy atom. The average Bonchev–Trinajstić information content (AvgIpc) is 2.35.